The van der Waals surface area contributed by atoms with Crippen LogP contribution in [0.3, 0.4) is 0 Å². The van der Waals surface area contributed by atoms with Gasteiger partial charge in [0.05, 0.1) is 33.6 Å². The van der Waals surface area contributed by atoms with Crippen molar-refractivity contribution in [1.29, 1.82) is 0 Å². The molecule has 24 heavy (non-hydrogen) atoms. The molecule has 136 valence electrons. The van der Waals surface area contributed by atoms with Gasteiger partial charge in [0.15, 0.2) is 0 Å². The summed E-state index contributed by atoms with van der Waals surface area (Å²) in [6.07, 6.45) is -0.141. The van der Waals surface area contributed by atoms with Gasteiger partial charge >= 0.3 is 7.60 Å². The van der Waals surface area contributed by atoms with Crippen LogP contribution in [0.15, 0.2) is 18.2 Å². The van der Waals surface area contributed by atoms with Gasteiger partial charge in [-0.15, -0.1) is 0 Å². The van der Waals surface area contributed by atoms with E-state index in [-0.39, 0.29) is 42.6 Å². The Balaban J connectivity index is 2.93. The van der Waals surface area contributed by atoms with E-state index in [2.05, 4.69) is 0 Å². The molecule has 1 rings (SSSR count). The van der Waals surface area contributed by atoms with Crippen LogP contribution >= 0.6 is 15.4 Å². The van der Waals surface area contributed by atoms with Crippen molar-refractivity contribution >= 4 is 20.9 Å². The molecule has 9 heteroatoms. The van der Waals surface area contributed by atoms with E-state index in [0.29, 0.717) is 0 Å². The van der Waals surface area contributed by atoms with Gasteiger partial charge in [-0.25, -0.2) is 0 Å². The molecule has 1 unspecified atom stereocenters. The van der Waals surface area contributed by atoms with Crippen LogP contribution in [0, 0.1) is 0 Å². The molecule has 0 aliphatic rings. The number of hydrogen-bond acceptors (Lipinski definition) is 7. The summed E-state index contributed by atoms with van der Waals surface area (Å²) >= 11 is 0. The predicted molar refractivity (Wildman–Crippen MR) is 93.5 cm³/mol. The first kappa shape index (κ1) is 20.9. The number of benzene rings is 1. The van der Waals surface area contributed by atoms with Crippen LogP contribution in [-0.2, 0) is 18.2 Å². The molecule has 0 aliphatic carbocycles. The van der Waals surface area contributed by atoms with Crippen molar-refractivity contribution in [2.45, 2.75) is 13.8 Å². The van der Waals surface area contributed by atoms with Crippen LogP contribution in [0.4, 0.5) is 0 Å². The zero-order valence-electron chi connectivity index (χ0n) is 14.4. The van der Waals surface area contributed by atoms with Crippen molar-refractivity contribution in [1.82, 2.24) is 0 Å². The van der Waals surface area contributed by atoms with Crippen LogP contribution in [0.2, 0.25) is 0 Å². The highest BCUT2D eigenvalue weighted by molar-refractivity contribution is 7.65. The minimum Gasteiger partial charge on any atom is -0.496 e. The summed E-state index contributed by atoms with van der Waals surface area (Å²) in [5.74, 6) is 0.575. The van der Waals surface area contributed by atoms with E-state index >= 15 is 0 Å². The highest BCUT2D eigenvalue weighted by atomic mass is 31.2. The van der Waals surface area contributed by atoms with Crippen LogP contribution in [0.25, 0.3) is 0 Å². The summed E-state index contributed by atoms with van der Waals surface area (Å²) in [6.45, 7) is 3.82. The maximum atomic E-state index is 12.5. The van der Waals surface area contributed by atoms with E-state index in [1.165, 1.54) is 14.2 Å². The molecule has 0 saturated heterocycles. The first-order valence-corrected chi connectivity index (χ1v) is 10.9. The second-order valence-electron chi connectivity index (χ2n) is 4.71. The lowest BCUT2D eigenvalue weighted by Gasteiger charge is -2.17. The average molecular weight is 378 g/mol. The minimum absolute atomic E-state index is 0.0675. The largest absolute Gasteiger partial charge is 0.496 e. The lowest BCUT2D eigenvalue weighted by Crippen LogP contribution is -2.06. The van der Waals surface area contributed by atoms with E-state index in [4.69, 9.17) is 18.5 Å². The van der Waals surface area contributed by atoms with Crippen molar-refractivity contribution < 1.29 is 32.4 Å². The molecule has 0 amide bonds. The molecule has 1 atom stereocenters. The Morgan fingerprint density at radius 1 is 1.08 bits per heavy atom. The minimum atomic E-state index is -3.33. The number of ether oxygens (including phenoxy) is 2. The molecule has 0 bridgehead atoms. The fraction of sp³-hybridized carbons (Fsp3) is 0.533. The number of hydrogen-bond donors (Lipinski definition) is 0. The Morgan fingerprint density at radius 2 is 1.58 bits per heavy atom. The summed E-state index contributed by atoms with van der Waals surface area (Å²) < 4.78 is 45.4. The van der Waals surface area contributed by atoms with Gasteiger partial charge in [-0.3, -0.25) is 9.36 Å². The average Bonchev–Trinajstić information content (AvgIpc) is 2.58. The summed E-state index contributed by atoms with van der Waals surface area (Å²) in [6, 6.07) is 4.86. The van der Waals surface area contributed by atoms with E-state index in [1.807, 2.05) is 0 Å². The van der Waals surface area contributed by atoms with Gasteiger partial charge in [-0.05, 0) is 26.0 Å². The van der Waals surface area contributed by atoms with Crippen molar-refractivity contribution in [2.75, 3.05) is 39.8 Å². The highest BCUT2D eigenvalue weighted by Gasteiger charge is 2.28. The van der Waals surface area contributed by atoms with Gasteiger partial charge < -0.3 is 23.1 Å². The maximum Gasteiger partial charge on any atom is 0.331 e. The molecule has 0 aromatic heterocycles. The Hall–Kier alpha value is -1.13. The Kier molecular flexibility index (Phi) is 8.71. The van der Waals surface area contributed by atoms with Crippen molar-refractivity contribution in [2.24, 2.45) is 0 Å². The summed E-state index contributed by atoms with van der Waals surface area (Å²) in [7, 11) is -3.23. The number of methoxy groups -OCH3 is 2. The SMILES string of the molecule is CCOP(=O)(CC[PH](=O)C(=O)c1c(OC)cccc1OC)OCC. The molecule has 0 heterocycles. The van der Waals surface area contributed by atoms with Gasteiger partial charge in [-0.1, -0.05) is 6.07 Å². The smallest absolute Gasteiger partial charge is 0.331 e. The van der Waals surface area contributed by atoms with Gasteiger partial charge in [0, 0.05) is 6.16 Å². The Bertz CT molecular complexity index is 598. The molecule has 0 N–H and O–H groups in total. The van der Waals surface area contributed by atoms with Crippen LogP contribution in [-0.4, -0.2) is 45.3 Å². The van der Waals surface area contributed by atoms with E-state index in [9.17, 15) is 13.9 Å². The standard InChI is InChI=1S/C15H24O7P2/c1-5-21-24(18,22-6-2)11-10-23(17)15(16)14-12(19-3)8-7-9-13(14)20-4/h7-9,23H,5-6,10-11H2,1-4H3. The van der Waals surface area contributed by atoms with Crippen molar-refractivity contribution in [3.63, 3.8) is 0 Å². The first-order chi connectivity index (χ1) is 11.4. The third-order valence-electron chi connectivity index (χ3n) is 3.17. The molecule has 0 aliphatic heterocycles. The topological polar surface area (TPSA) is 88.1 Å². The third kappa shape index (κ3) is 5.45. The molecule has 1 aromatic rings. The third-order valence-corrected chi connectivity index (χ3v) is 7.13. The summed E-state index contributed by atoms with van der Waals surface area (Å²) in [4.78, 5) is 12.5. The number of carbonyl (C=O) groups excluding carboxylic acids is 1. The molecule has 0 radical (unpaired) electrons. The molecule has 7 nitrogen and oxygen atoms in total. The zero-order chi connectivity index (χ0) is 18.2. The summed E-state index contributed by atoms with van der Waals surface area (Å²) in [5.41, 5.74) is -0.442. The molecule has 1 aromatic carbocycles. The van der Waals surface area contributed by atoms with Crippen molar-refractivity contribution in [3.8, 4) is 11.5 Å². The van der Waals surface area contributed by atoms with E-state index in [0.717, 1.165) is 0 Å². The lowest BCUT2D eigenvalue weighted by atomic mass is 10.2. The molecular formula is C15H24O7P2. The fourth-order valence-corrected chi connectivity index (χ4v) is 5.91. The van der Waals surface area contributed by atoms with Gasteiger partial charge in [0.25, 0.3) is 0 Å². The van der Waals surface area contributed by atoms with Crippen LogP contribution in [0.5, 0.6) is 11.5 Å². The quantitative estimate of drug-likeness (QED) is 0.543. The second-order valence-corrected chi connectivity index (χ2v) is 8.70. The van der Waals surface area contributed by atoms with Crippen molar-refractivity contribution in [3.05, 3.63) is 23.8 Å². The Morgan fingerprint density at radius 3 is 2.00 bits per heavy atom. The normalized spacial score (nSPS) is 12.7. The lowest BCUT2D eigenvalue weighted by molar-refractivity contribution is 0.107. The van der Waals surface area contributed by atoms with Crippen LogP contribution in [0.1, 0.15) is 24.2 Å². The zero-order valence-corrected chi connectivity index (χ0v) is 16.3. The molecule has 0 spiro atoms. The number of rotatable bonds is 11. The Labute approximate surface area is 142 Å². The van der Waals surface area contributed by atoms with Gasteiger partial charge in [-0.2, -0.15) is 0 Å². The number of carbonyl (C=O) groups is 1. The van der Waals surface area contributed by atoms with Gasteiger partial charge in [0.1, 0.15) is 24.9 Å². The van der Waals surface area contributed by atoms with E-state index in [1.54, 1.807) is 32.0 Å². The monoisotopic (exact) mass is 378 g/mol. The predicted octanol–water partition coefficient (Wildman–Crippen LogP) is 3.67. The van der Waals surface area contributed by atoms with E-state index < -0.39 is 20.9 Å². The molecular weight excluding hydrogens is 354 g/mol. The van der Waals surface area contributed by atoms with Crippen LogP contribution < -0.4 is 9.47 Å². The first-order valence-electron chi connectivity index (χ1n) is 7.59. The fourth-order valence-electron chi connectivity index (χ4n) is 2.13. The molecule has 0 saturated carbocycles. The summed E-state index contributed by atoms with van der Waals surface area (Å²) in [5, 5.41) is 0. The molecule has 0 fully saturated rings. The second kappa shape index (κ2) is 10.00. The maximum absolute atomic E-state index is 12.5. The highest BCUT2D eigenvalue weighted by Crippen LogP contribution is 2.50. The van der Waals surface area contributed by atoms with Gasteiger partial charge in [0.2, 0.25) is 5.52 Å².